The van der Waals surface area contributed by atoms with Gasteiger partial charge in [0.15, 0.2) is 0 Å². The number of aliphatic hydroxyl groups excluding tert-OH is 2. The number of methoxy groups -OCH3 is 1. The molecule has 0 heterocycles. The fourth-order valence-corrected chi connectivity index (χ4v) is 3.80. The number of ether oxygens (including phenoxy) is 10. The second-order valence-corrected chi connectivity index (χ2v) is 16.0. The summed E-state index contributed by atoms with van der Waals surface area (Å²) in [5.41, 5.74) is 3.67. The Kier molecular flexibility index (Phi) is 48.0. The number of nitrogens with one attached hydrogen (secondary N) is 1. The number of hydrogen-bond acceptors (Lipinski definition) is 22. The number of hydrogen-bond donors (Lipinski definition) is 3. The first-order chi connectivity index (χ1) is 38.5. The van der Waals surface area contributed by atoms with Crippen LogP contribution in [0.5, 0.6) is 0 Å². The van der Waals surface area contributed by atoms with Gasteiger partial charge in [-0.1, -0.05) is 120 Å². The van der Waals surface area contributed by atoms with Crippen molar-refractivity contribution in [1.29, 1.82) is 0 Å². The molecule has 1 amide bonds. The van der Waals surface area contributed by atoms with E-state index in [0.29, 0.717) is 18.8 Å². The molecule has 2 aromatic rings. The Morgan fingerprint density at radius 2 is 0.707 bits per heavy atom. The Morgan fingerprint density at radius 3 is 1.04 bits per heavy atom. The van der Waals surface area contributed by atoms with Crippen LogP contribution >= 0.6 is 0 Å². The first kappa shape index (κ1) is 79.0. The van der Waals surface area contributed by atoms with Crippen molar-refractivity contribution in [3.8, 4) is 0 Å². The summed E-state index contributed by atoms with van der Waals surface area (Å²) in [6, 6.07) is 19.1. The second kappa shape index (κ2) is 49.8. The minimum Gasteiger partial charge on any atom is -0.466 e. The van der Waals surface area contributed by atoms with Crippen molar-refractivity contribution in [2.24, 2.45) is 0 Å². The molecule has 23 heteroatoms. The van der Waals surface area contributed by atoms with Crippen molar-refractivity contribution < 1.29 is 106 Å². The number of carbonyl (C=O) groups excluding carboxylic acids is 10. The van der Waals surface area contributed by atoms with Gasteiger partial charge in [0.2, 0.25) is 0 Å². The van der Waals surface area contributed by atoms with Crippen LogP contribution in [0.4, 0.5) is 4.79 Å². The van der Waals surface area contributed by atoms with Gasteiger partial charge in [-0.25, -0.2) is 47.9 Å². The van der Waals surface area contributed by atoms with Gasteiger partial charge in [-0.3, -0.25) is 0 Å². The lowest BCUT2D eigenvalue weighted by Crippen LogP contribution is -2.29. The molecule has 0 saturated heterocycles. The van der Waals surface area contributed by atoms with Crippen LogP contribution in [0.15, 0.2) is 172 Å². The molecule has 1 atom stereocenters. The van der Waals surface area contributed by atoms with Crippen molar-refractivity contribution in [3.63, 3.8) is 0 Å². The maximum Gasteiger partial charge on any atom is 0.407 e. The molecule has 0 aliphatic heterocycles. The summed E-state index contributed by atoms with van der Waals surface area (Å²) in [6.07, 6.45) is 0.460. The highest BCUT2D eigenvalue weighted by molar-refractivity contribution is 5.89. The summed E-state index contributed by atoms with van der Waals surface area (Å²) in [5.74, 6) is -4.61. The van der Waals surface area contributed by atoms with Crippen LogP contribution in [-0.4, -0.2) is 142 Å². The zero-order valence-corrected chi connectivity index (χ0v) is 47.7. The first-order valence-electron chi connectivity index (χ1n) is 24.1. The van der Waals surface area contributed by atoms with Crippen molar-refractivity contribution in [1.82, 2.24) is 5.32 Å². The SMILES string of the molecule is C=C(C)C(=O)OCC(O)COC(=O)C(=C)C.C=C(C)C(=O)OCCNC(=O)OCCOC(=O)C(=C)C.C=C(C)C(=O)OCc1ccccc1.C=CC(=O)OC.C=CC(=O)OCC(O)COC(=O)C(=C)C.C=CC(=O)OCc1ccccc1. The summed E-state index contributed by atoms with van der Waals surface area (Å²) < 4.78 is 46.6. The topological polar surface area (TPSA) is 315 Å². The predicted octanol–water partition coefficient (Wildman–Crippen LogP) is 6.30. The fourth-order valence-electron chi connectivity index (χ4n) is 3.80. The molecule has 2 aromatic carbocycles. The van der Waals surface area contributed by atoms with Crippen LogP contribution in [0.2, 0.25) is 0 Å². The standard InChI is InChI=1S/C13H19NO6.C11H16O5.C11H12O2.C10H14O5.C10H10O2.C4H6O2/c1-9(2)11(15)18-6-5-14-13(17)20-8-7-19-12(16)10(3)4;1-7(2)10(13)15-5-9(12)6-16-11(14)8(3)4;1-9(2)11(12)13-8-10-6-4-3-5-7-10;1-4-9(12)14-5-8(11)6-15-10(13)7(2)3;1-2-10(11)12-8-9-6-4-3-5-7-9;1-3-4(5)6-2/h1,3,5-8H2,2,4H3,(H,14,17);9,12H,1,3,5-6H2,2,4H3;3-7H,1,8H2,2H3;4,8,11H,1-2,5-6H2,3H3;2-7H,1,8H2;3H,1H2,2H3. The van der Waals surface area contributed by atoms with Gasteiger partial charge < -0.3 is 62.9 Å². The van der Waals surface area contributed by atoms with Crippen LogP contribution in [-0.2, 0) is 104 Å². The summed E-state index contributed by atoms with van der Waals surface area (Å²) in [6.45, 7) is 38.9. The van der Waals surface area contributed by atoms with E-state index in [4.69, 9.17) is 23.7 Å². The molecule has 450 valence electrons. The molecule has 0 aromatic heterocycles. The molecule has 0 spiro atoms. The number of esters is 9. The lowest BCUT2D eigenvalue weighted by Gasteiger charge is -2.11. The van der Waals surface area contributed by atoms with Crippen LogP contribution < -0.4 is 5.32 Å². The van der Waals surface area contributed by atoms with Crippen molar-refractivity contribution in [3.05, 3.63) is 183 Å². The van der Waals surface area contributed by atoms with E-state index in [0.717, 1.165) is 29.4 Å². The van der Waals surface area contributed by atoms with E-state index in [1.807, 2.05) is 60.7 Å². The van der Waals surface area contributed by atoms with Crippen LogP contribution in [0.25, 0.3) is 0 Å². The molecule has 3 N–H and O–H groups in total. The third-order valence-electron chi connectivity index (χ3n) is 8.02. The molecule has 1 unspecified atom stereocenters. The normalized spacial score (nSPS) is 9.54. The summed E-state index contributed by atoms with van der Waals surface area (Å²) in [4.78, 5) is 108. The Morgan fingerprint density at radius 1 is 0.415 bits per heavy atom. The van der Waals surface area contributed by atoms with Gasteiger partial charge in [0, 0.05) is 51.7 Å². The lowest BCUT2D eigenvalue weighted by atomic mass is 10.2. The monoisotopic (exact) mass is 1150 g/mol. The van der Waals surface area contributed by atoms with E-state index in [9.17, 15) is 58.2 Å². The predicted molar refractivity (Wildman–Crippen MR) is 301 cm³/mol. The fraction of sp³-hybridized carbons (Fsp3) is 0.322. The Bertz CT molecular complexity index is 2390. The minimum absolute atomic E-state index is 0.0193. The molecule has 0 aliphatic rings. The molecule has 0 saturated carbocycles. The largest absolute Gasteiger partial charge is 0.466 e. The average molecular weight is 1150 g/mol. The van der Waals surface area contributed by atoms with Gasteiger partial charge in [0.05, 0.1) is 13.7 Å². The maximum atomic E-state index is 11.2. The molecular weight excluding hydrogens is 1070 g/mol. The van der Waals surface area contributed by atoms with Crippen LogP contribution in [0.1, 0.15) is 52.7 Å². The van der Waals surface area contributed by atoms with Crippen molar-refractivity contribution in [2.45, 2.75) is 67.0 Å². The minimum atomic E-state index is -1.05. The Hall–Kier alpha value is -9.48. The van der Waals surface area contributed by atoms with Crippen molar-refractivity contribution in [2.75, 3.05) is 59.9 Å². The lowest BCUT2D eigenvalue weighted by molar-refractivity contribution is -0.148. The van der Waals surface area contributed by atoms with E-state index < -0.39 is 60.1 Å². The number of rotatable bonds is 27. The molecule has 0 aliphatic carbocycles. The van der Waals surface area contributed by atoms with E-state index in [2.05, 4.69) is 88.2 Å². The van der Waals surface area contributed by atoms with E-state index >= 15 is 0 Å². The second-order valence-electron chi connectivity index (χ2n) is 16.0. The number of aliphatic hydroxyl groups is 2. The number of carbonyl (C=O) groups is 10. The van der Waals surface area contributed by atoms with Crippen molar-refractivity contribution >= 4 is 59.8 Å². The van der Waals surface area contributed by atoms with Gasteiger partial charge >= 0.3 is 59.8 Å². The van der Waals surface area contributed by atoms with Gasteiger partial charge in [-0.2, -0.15) is 0 Å². The zero-order chi connectivity index (χ0) is 63.6. The number of benzene rings is 2. The smallest absolute Gasteiger partial charge is 0.407 e. The molecule has 0 fully saturated rings. The molecule has 23 nitrogen and oxygen atoms in total. The highest BCUT2D eigenvalue weighted by Gasteiger charge is 2.14. The van der Waals surface area contributed by atoms with E-state index in [1.165, 1.54) is 41.7 Å². The Balaban J connectivity index is -0.000000456. The van der Waals surface area contributed by atoms with Crippen LogP contribution in [0.3, 0.4) is 0 Å². The molecular formula is C59H77NO22. The summed E-state index contributed by atoms with van der Waals surface area (Å²) in [5, 5.41) is 20.9. The highest BCUT2D eigenvalue weighted by atomic mass is 16.6. The molecule has 2 rings (SSSR count). The van der Waals surface area contributed by atoms with E-state index in [-0.39, 0.29) is 92.6 Å². The molecule has 0 radical (unpaired) electrons. The third-order valence-corrected chi connectivity index (χ3v) is 8.02. The van der Waals surface area contributed by atoms with E-state index in [1.54, 1.807) is 6.92 Å². The third kappa shape index (κ3) is 50.1. The Labute approximate surface area is 478 Å². The quantitative estimate of drug-likeness (QED) is 0.0382. The highest BCUT2D eigenvalue weighted by Crippen LogP contribution is 2.04. The summed E-state index contributed by atoms with van der Waals surface area (Å²) in [7, 11) is 1.31. The summed E-state index contributed by atoms with van der Waals surface area (Å²) >= 11 is 0. The van der Waals surface area contributed by atoms with Gasteiger partial charge in [0.25, 0.3) is 0 Å². The zero-order valence-electron chi connectivity index (χ0n) is 47.7. The van der Waals surface area contributed by atoms with Crippen LogP contribution in [0, 0.1) is 0 Å². The molecule has 0 bridgehead atoms. The average Bonchev–Trinajstić information content (AvgIpc) is 3.46. The first-order valence-corrected chi connectivity index (χ1v) is 24.1. The number of amides is 1. The molecule has 82 heavy (non-hydrogen) atoms. The van der Waals surface area contributed by atoms with Gasteiger partial charge in [0.1, 0.15) is 71.7 Å². The number of alkyl carbamates (subject to hydrolysis) is 1. The van der Waals surface area contributed by atoms with Gasteiger partial charge in [-0.05, 0) is 52.7 Å². The maximum absolute atomic E-state index is 11.2. The van der Waals surface area contributed by atoms with Gasteiger partial charge in [-0.15, -0.1) is 0 Å².